The minimum absolute atomic E-state index is 0.0878. The molecule has 12 heteroatoms. The number of nitrogens with two attached hydrogens (primary N) is 1. The van der Waals surface area contributed by atoms with Crippen LogP contribution in [0.5, 0.6) is 0 Å². The number of nitrogens with one attached hydrogen (secondary N) is 1. The Bertz CT molecular complexity index is 1120. The summed E-state index contributed by atoms with van der Waals surface area (Å²) < 4.78 is 28.2. The Hall–Kier alpha value is -3.02. The highest BCUT2D eigenvalue weighted by Gasteiger charge is 2.19. The third-order valence-electron chi connectivity index (χ3n) is 3.92. The predicted octanol–water partition coefficient (Wildman–Crippen LogP) is 2.31. The number of hydrogen-bond acceptors (Lipinski definition) is 7. The quantitative estimate of drug-likeness (QED) is 0.395. The molecule has 0 fully saturated rings. The predicted molar refractivity (Wildman–Crippen MR) is 104 cm³/mol. The second-order valence-corrected chi connectivity index (χ2v) is 7.95. The molecule has 0 aromatic heterocycles. The Morgan fingerprint density at radius 1 is 1.24 bits per heavy atom. The first kappa shape index (κ1) is 22.3. The van der Waals surface area contributed by atoms with Crippen molar-refractivity contribution in [2.75, 3.05) is 11.9 Å². The maximum atomic E-state index is 12.2. The second kappa shape index (κ2) is 8.55. The van der Waals surface area contributed by atoms with Gasteiger partial charge in [0.05, 0.1) is 15.4 Å². The van der Waals surface area contributed by atoms with Gasteiger partial charge in [0.1, 0.15) is 5.02 Å². The summed E-state index contributed by atoms with van der Waals surface area (Å²) in [5.41, 5.74) is 0.497. The van der Waals surface area contributed by atoms with Crippen LogP contribution >= 0.6 is 11.6 Å². The summed E-state index contributed by atoms with van der Waals surface area (Å²) in [4.78, 5) is 34.1. The Morgan fingerprint density at radius 2 is 1.90 bits per heavy atom. The molecule has 0 unspecified atom stereocenters. The van der Waals surface area contributed by atoms with Crippen molar-refractivity contribution in [3.8, 4) is 0 Å². The molecule has 0 aliphatic carbocycles. The Morgan fingerprint density at radius 3 is 2.48 bits per heavy atom. The van der Waals surface area contributed by atoms with E-state index in [0.717, 1.165) is 12.1 Å². The highest BCUT2D eigenvalue weighted by atomic mass is 35.5. The Balaban J connectivity index is 2.10. The fraction of sp³-hybridized carbons (Fsp3) is 0.176. The minimum Gasteiger partial charge on any atom is -0.452 e. The molecular weight excluding hydrogens is 426 g/mol. The summed E-state index contributed by atoms with van der Waals surface area (Å²) in [6, 6.07) is 6.12. The molecule has 0 atom stereocenters. The van der Waals surface area contributed by atoms with Gasteiger partial charge in [0.25, 0.3) is 11.6 Å². The fourth-order valence-electron chi connectivity index (χ4n) is 2.38. The average molecular weight is 442 g/mol. The van der Waals surface area contributed by atoms with E-state index < -0.39 is 39.1 Å². The number of rotatable bonds is 6. The molecule has 2 aromatic rings. The number of nitrogens with zero attached hydrogens (tertiary/aromatic N) is 1. The monoisotopic (exact) mass is 441 g/mol. The van der Waals surface area contributed by atoms with Gasteiger partial charge in [-0.3, -0.25) is 14.9 Å². The van der Waals surface area contributed by atoms with Gasteiger partial charge in [-0.15, -0.1) is 0 Å². The number of halogens is 1. The SMILES string of the molecule is Cc1cc(C(=O)OCC(=O)Nc2ccc(Cl)c([N+](=O)[O-])c2)cc(S(N)(=O)=O)c1C. The number of nitro groups is 1. The molecule has 1 amide bonds. The first-order valence-corrected chi connectivity index (χ1v) is 9.87. The Labute approximate surface area is 170 Å². The van der Waals surface area contributed by atoms with Crippen LogP contribution < -0.4 is 10.5 Å². The van der Waals surface area contributed by atoms with Crippen LogP contribution in [0.4, 0.5) is 11.4 Å². The van der Waals surface area contributed by atoms with Gasteiger partial charge >= 0.3 is 5.97 Å². The number of nitro benzene ring substituents is 1. The van der Waals surface area contributed by atoms with Crippen molar-refractivity contribution >= 4 is 44.9 Å². The van der Waals surface area contributed by atoms with E-state index in [1.54, 1.807) is 13.8 Å². The highest BCUT2D eigenvalue weighted by Crippen LogP contribution is 2.27. The summed E-state index contributed by atoms with van der Waals surface area (Å²) in [6.07, 6.45) is 0. The zero-order valence-corrected chi connectivity index (χ0v) is 16.8. The number of anilines is 1. The largest absolute Gasteiger partial charge is 0.452 e. The van der Waals surface area contributed by atoms with E-state index in [-0.39, 0.29) is 21.2 Å². The first-order chi connectivity index (χ1) is 13.4. The fourth-order valence-corrected chi connectivity index (χ4v) is 3.45. The first-order valence-electron chi connectivity index (χ1n) is 7.95. The van der Waals surface area contributed by atoms with Crippen LogP contribution in [-0.2, 0) is 19.6 Å². The summed E-state index contributed by atoms with van der Waals surface area (Å²) >= 11 is 5.69. The standard InChI is InChI=1S/C17H16ClN3O7S/c1-9-5-11(6-15(10(9)2)29(19,26)27)17(23)28-8-16(22)20-12-3-4-13(18)14(7-12)21(24)25/h3-7H,8H2,1-2H3,(H,20,22)(H2,19,26,27). The third kappa shape index (κ3) is 5.50. The van der Waals surface area contributed by atoms with Crippen LogP contribution in [0, 0.1) is 24.0 Å². The number of ether oxygens (including phenoxy) is 1. The van der Waals surface area contributed by atoms with Gasteiger partial charge < -0.3 is 10.1 Å². The summed E-state index contributed by atoms with van der Waals surface area (Å²) in [5.74, 6) is -1.69. The van der Waals surface area contributed by atoms with Crippen molar-refractivity contribution in [3.05, 3.63) is 62.2 Å². The molecule has 0 spiro atoms. The number of sulfonamides is 1. The second-order valence-electron chi connectivity index (χ2n) is 6.01. The molecule has 154 valence electrons. The van der Waals surface area contributed by atoms with Gasteiger partial charge in [0, 0.05) is 11.8 Å². The number of primary sulfonamides is 1. The minimum atomic E-state index is -4.05. The maximum absolute atomic E-state index is 12.2. The normalized spacial score (nSPS) is 11.0. The van der Waals surface area contributed by atoms with Crippen molar-refractivity contribution in [3.63, 3.8) is 0 Å². The van der Waals surface area contributed by atoms with Crippen LogP contribution in [0.15, 0.2) is 35.2 Å². The van der Waals surface area contributed by atoms with E-state index in [1.165, 1.54) is 18.2 Å². The van der Waals surface area contributed by atoms with E-state index in [1.807, 2.05) is 0 Å². The van der Waals surface area contributed by atoms with E-state index in [4.69, 9.17) is 21.5 Å². The van der Waals surface area contributed by atoms with Crippen LogP contribution in [0.1, 0.15) is 21.5 Å². The van der Waals surface area contributed by atoms with Crippen LogP contribution in [0.25, 0.3) is 0 Å². The molecule has 0 saturated heterocycles. The number of aryl methyl sites for hydroxylation is 1. The highest BCUT2D eigenvalue weighted by molar-refractivity contribution is 7.89. The molecular formula is C17H16ClN3O7S. The third-order valence-corrected chi connectivity index (χ3v) is 5.28. The van der Waals surface area contributed by atoms with Crippen molar-refractivity contribution in [1.82, 2.24) is 0 Å². The van der Waals surface area contributed by atoms with E-state index in [0.29, 0.717) is 11.1 Å². The molecule has 0 radical (unpaired) electrons. The van der Waals surface area contributed by atoms with Crippen LogP contribution in [-0.4, -0.2) is 31.8 Å². The van der Waals surface area contributed by atoms with E-state index in [2.05, 4.69) is 5.32 Å². The Kier molecular flexibility index (Phi) is 6.57. The number of esters is 1. The maximum Gasteiger partial charge on any atom is 0.338 e. The molecule has 2 aromatic carbocycles. The van der Waals surface area contributed by atoms with Gasteiger partial charge in [-0.25, -0.2) is 18.4 Å². The number of carbonyl (C=O) groups is 2. The molecule has 0 aliphatic heterocycles. The molecule has 0 heterocycles. The topological polar surface area (TPSA) is 159 Å². The smallest absolute Gasteiger partial charge is 0.338 e. The van der Waals surface area contributed by atoms with Gasteiger partial charge in [0.15, 0.2) is 6.61 Å². The zero-order chi connectivity index (χ0) is 21.9. The van der Waals surface area contributed by atoms with Crippen LogP contribution in [0.3, 0.4) is 0 Å². The lowest BCUT2D eigenvalue weighted by atomic mass is 10.1. The number of benzene rings is 2. The van der Waals surface area contributed by atoms with Gasteiger partial charge in [0.2, 0.25) is 10.0 Å². The van der Waals surface area contributed by atoms with E-state index in [9.17, 15) is 28.1 Å². The van der Waals surface area contributed by atoms with Gasteiger partial charge in [-0.1, -0.05) is 11.6 Å². The number of hydrogen-bond donors (Lipinski definition) is 2. The molecule has 29 heavy (non-hydrogen) atoms. The lowest BCUT2D eigenvalue weighted by Gasteiger charge is -2.11. The molecule has 3 N–H and O–H groups in total. The molecule has 0 aliphatic rings. The number of carbonyl (C=O) groups excluding carboxylic acids is 2. The van der Waals surface area contributed by atoms with Crippen molar-refractivity contribution in [1.29, 1.82) is 0 Å². The summed E-state index contributed by atoms with van der Waals surface area (Å²) in [5, 5.41) is 18.2. The summed E-state index contributed by atoms with van der Waals surface area (Å²) in [7, 11) is -4.05. The average Bonchev–Trinajstić information content (AvgIpc) is 2.62. The van der Waals surface area contributed by atoms with Crippen LogP contribution in [0.2, 0.25) is 5.02 Å². The lowest BCUT2D eigenvalue weighted by Crippen LogP contribution is -2.21. The molecule has 0 bridgehead atoms. The van der Waals surface area contributed by atoms with Crippen molar-refractivity contribution < 1.29 is 27.7 Å². The summed E-state index contributed by atoms with van der Waals surface area (Å²) in [6.45, 7) is 2.44. The van der Waals surface area contributed by atoms with Crippen molar-refractivity contribution in [2.24, 2.45) is 5.14 Å². The molecule has 10 nitrogen and oxygen atoms in total. The number of amides is 1. The van der Waals surface area contributed by atoms with Gasteiger partial charge in [-0.2, -0.15) is 0 Å². The molecule has 0 saturated carbocycles. The molecule has 2 rings (SSSR count). The van der Waals surface area contributed by atoms with E-state index >= 15 is 0 Å². The van der Waals surface area contributed by atoms with Gasteiger partial charge in [-0.05, 0) is 49.2 Å². The lowest BCUT2D eigenvalue weighted by molar-refractivity contribution is -0.384. The zero-order valence-electron chi connectivity index (χ0n) is 15.3. The van der Waals surface area contributed by atoms with Crippen molar-refractivity contribution in [2.45, 2.75) is 18.7 Å².